The Bertz CT molecular complexity index is 647. The molecule has 1 fully saturated rings. The number of carbonyl (C=O) groups is 1. The van der Waals surface area contributed by atoms with Crippen molar-refractivity contribution in [2.45, 2.75) is 52.0 Å². The van der Waals surface area contributed by atoms with Gasteiger partial charge in [0, 0.05) is 36.1 Å². The number of nitrogens with zero attached hydrogens (tertiary/aromatic N) is 3. The summed E-state index contributed by atoms with van der Waals surface area (Å²) in [6, 6.07) is 0.141. The number of nitrogens with one attached hydrogen (secondary N) is 2. The summed E-state index contributed by atoms with van der Waals surface area (Å²) in [7, 11) is 0. The molecule has 0 unspecified atom stereocenters. The molecule has 0 saturated carbocycles. The van der Waals surface area contributed by atoms with Gasteiger partial charge in [-0.25, -0.2) is 9.78 Å². The zero-order chi connectivity index (χ0) is 16.9. The molecule has 3 heterocycles. The Hall–Kier alpha value is -1.89. The van der Waals surface area contributed by atoms with Gasteiger partial charge in [0.25, 0.3) is 0 Å². The van der Waals surface area contributed by atoms with E-state index in [9.17, 15) is 4.79 Å². The summed E-state index contributed by atoms with van der Waals surface area (Å²) >= 11 is 1.59. The van der Waals surface area contributed by atoms with Gasteiger partial charge in [-0.1, -0.05) is 12.8 Å². The second-order valence-corrected chi connectivity index (χ2v) is 7.09. The number of thiazole rings is 1. The van der Waals surface area contributed by atoms with Gasteiger partial charge in [-0.05, 0) is 26.7 Å². The van der Waals surface area contributed by atoms with Crippen LogP contribution in [0.3, 0.4) is 0 Å². The number of rotatable bonds is 4. The first-order valence-corrected chi connectivity index (χ1v) is 9.54. The number of amides is 2. The van der Waals surface area contributed by atoms with Gasteiger partial charge in [0.05, 0.1) is 22.9 Å². The predicted molar refractivity (Wildman–Crippen MR) is 95.2 cm³/mol. The van der Waals surface area contributed by atoms with E-state index in [0.29, 0.717) is 6.54 Å². The quantitative estimate of drug-likeness (QED) is 0.891. The Kier molecular flexibility index (Phi) is 5.50. The number of aromatic nitrogens is 3. The minimum atomic E-state index is 0.0251. The molecule has 1 aliphatic heterocycles. The average molecular weight is 347 g/mol. The second-order valence-electron chi connectivity index (χ2n) is 6.37. The lowest BCUT2D eigenvalue weighted by Gasteiger charge is -2.30. The van der Waals surface area contributed by atoms with E-state index in [1.807, 2.05) is 29.6 Å². The van der Waals surface area contributed by atoms with E-state index >= 15 is 0 Å². The second kappa shape index (κ2) is 7.79. The van der Waals surface area contributed by atoms with Crippen LogP contribution in [0.4, 0.5) is 4.79 Å². The van der Waals surface area contributed by atoms with Crippen molar-refractivity contribution in [2.75, 3.05) is 13.1 Å². The van der Waals surface area contributed by atoms with Crippen molar-refractivity contribution >= 4 is 17.4 Å². The van der Waals surface area contributed by atoms with Crippen LogP contribution in [0.2, 0.25) is 0 Å². The van der Waals surface area contributed by atoms with Gasteiger partial charge in [0.2, 0.25) is 0 Å². The molecule has 24 heavy (non-hydrogen) atoms. The Balaban J connectivity index is 1.68. The number of likely N-dealkylation sites (tertiary alicyclic amines) is 1. The Morgan fingerprint density at radius 1 is 1.42 bits per heavy atom. The molecule has 2 aromatic rings. The van der Waals surface area contributed by atoms with Crippen molar-refractivity contribution in [2.24, 2.45) is 0 Å². The zero-order valence-corrected chi connectivity index (χ0v) is 15.2. The highest BCUT2D eigenvalue weighted by molar-refractivity contribution is 7.07. The molecule has 130 valence electrons. The van der Waals surface area contributed by atoms with Crippen molar-refractivity contribution in [3.63, 3.8) is 0 Å². The smallest absolute Gasteiger partial charge is 0.317 e. The van der Waals surface area contributed by atoms with Gasteiger partial charge in [0.15, 0.2) is 0 Å². The fourth-order valence-electron chi connectivity index (χ4n) is 3.46. The third-order valence-electron chi connectivity index (χ3n) is 4.67. The van der Waals surface area contributed by atoms with Gasteiger partial charge < -0.3 is 10.2 Å². The first kappa shape index (κ1) is 17.0. The van der Waals surface area contributed by atoms with Crippen molar-refractivity contribution in [1.29, 1.82) is 0 Å². The summed E-state index contributed by atoms with van der Waals surface area (Å²) < 4.78 is 0. The summed E-state index contributed by atoms with van der Waals surface area (Å²) in [4.78, 5) is 19.0. The lowest BCUT2D eigenvalue weighted by molar-refractivity contribution is 0.175. The molecule has 0 aliphatic carbocycles. The van der Waals surface area contributed by atoms with Crippen molar-refractivity contribution in [1.82, 2.24) is 25.4 Å². The molecule has 2 amide bonds. The topological polar surface area (TPSA) is 73.9 Å². The molecule has 0 radical (unpaired) electrons. The summed E-state index contributed by atoms with van der Waals surface area (Å²) in [5.41, 5.74) is 6.12. The molecule has 1 aliphatic rings. The van der Waals surface area contributed by atoms with Crippen LogP contribution in [-0.2, 0) is 6.42 Å². The maximum absolute atomic E-state index is 12.8. The van der Waals surface area contributed by atoms with E-state index in [1.165, 1.54) is 12.0 Å². The molecular formula is C17H25N5OS. The summed E-state index contributed by atoms with van der Waals surface area (Å²) in [5, 5.41) is 12.5. The van der Waals surface area contributed by atoms with E-state index in [0.717, 1.165) is 49.3 Å². The molecule has 6 nitrogen and oxygen atoms in total. The van der Waals surface area contributed by atoms with E-state index in [4.69, 9.17) is 0 Å². The molecule has 2 N–H and O–H groups in total. The number of urea groups is 1. The number of carbonyl (C=O) groups excluding carboxylic acids is 1. The lowest BCUT2D eigenvalue weighted by Crippen LogP contribution is -2.43. The number of aromatic amines is 1. The number of hydrogen-bond acceptors (Lipinski definition) is 4. The van der Waals surface area contributed by atoms with E-state index < -0.39 is 0 Å². The summed E-state index contributed by atoms with van der Waals surface area (Å²) in [6.07, 6.45) is 5.16. The van der Waals surface area contributed by atoms with Gasteiger partial charge in [0.1, 0.15) is 0 Å². The van der Waals surface area contributed by atoms with Crippen LogP contribution in [0.5, 0.6) is 0 Å². The normalized spacial score (nSPS) is 18.4. The van der Waals surface area contributed by atoms with Crippen molar-refractivity contribution < 1.29 is 4.79 Å². The van der Waals surface area contributed by atoms with Crippen LogP contribution in [0.1, 0.15) is 54.4 Å². The molecule has 0 bridgehead atoms. The van der Waals surface area contributed by atoms with Crippen LogP contribution in [0.25, 0.3) is 0 Å². The highest BCUT2D eigenvalue weighted by atomic mass is 32.1. The largest absolute Gasteiger partial charge is 0.338 e. The first-order chi connectivity index (χ1) is 11.7. The first-order valence-electron chi connectivity index (χ1n) is 8.60. The SMILES string of the molecule is Cc1n[nH]c(C)c1[C@@H]1CCCCCN1C(=O)NCCc1cscn1. The zero-order valence-electron chi connectivity index (χ0n) is 14.3. The van der Waals surface area contributed by atoms with Crippen LogP contribution in [0, 0.1) is 13.8 Å². The number of H-pyrrole nitrogens is 1. The van der Waals surface area contributed by atoms with Crippen LogP contribution >= 0.6 is 11.3 Å². The van der Waals surface area contributed by atoms with E-state index in [-0.39, 0.29) is 12.1 Å². The van der Waals surface area contributed by atoms with Crippen molar-refractivity contribution in [3.05, 3.63) is 33.5 Å². The van der Waals surface area contributed by atoms with Crippen molar-refractivity contribution in [3.8, 4) is 0 Å². The fourth-order valence-corrected chi connectivity index (χ4v) is 4.06. The third-order valence-corrected chi connectivity index (χ3v) is 5.31. The summed E-state index contributed by atoms with van der Waals surface area (Å²) in [5.74, 6) is 0. The highest BCUT2D eigenvalue weighted by Crippen LogP contribution is 2.33. The van der Waals surface area contributed by atoms with Crippen LogP contribution in [0.15, 0.2) is 10.9 Å². The average Bonchev–Trinajstić information content (AvgIpc) is 3.11. The Morgan fingerprint density at radius 2 is 2.29 bits per heavy atom. The molecule has 7 heteroatoms. The Morgan fingerprint density at radius 3 is 3.00 bits per heavy atom. The maximum atomic E-state index is 12.8. The molecule has 3 rings (SSSR count). The fraction of sp³-hybridized carbons (Fsp3) is 0.588. The van der Waals surface area contributed by atoms with E-state index in [1.54, 1.807) is 11.3 Å². The highest BCUT2D eigenvalue weighted by Gasteiger charge is 2.29. The summed E-state index contributed by atoms with van der Waals surface area (Å²) in [6.45, 7) is 5.48. The molecule has 1 atom stereocenters. The Labute approximate surface area is 146 Å². The monoisotopic (exact) mass is 347 g/mol. The van der Waals surface area contributed by atoms with Gasteiger partial charge in [-0.3, -0.25) is 5.10 Å². The predicted octanol–water partition coefficient (Wildman–Crippen LogP) is 3.35. The minimum absolute atomic E-state index is 0.0251. The molecule has 2 aromatic heterocycles. The lowest BCUT2D eigenvalue weighted by atomic mass is 9.99. The molecule has 0 aromatic carbocycles. The molecule has 1 saturated heterocycles. The number of hydrogen-bond donors (Lipinski definition) is 2. The van der Waals surface area contributed by atoms with Gasteiger partial charge in [-0.15, -0.1) is 11.3 Å². The molecular weight excluding hydrogens is 322 g/mol. The molecule has 0 spiro atoms. The van der Waals surface area contributed by atoms with Crippen LogP contribution < -0.4 is 5.32 Å². The van der Waals surface area contributed by atoms with Gasteiger partial charge >= 0.3 is 6.03 Å². The third kappa shape index (κ3) is 3.77. The maximum Gasteiger partial charge on any atom is 0.317 e. The minimum Gasteiger partial charge on any atom is -0.338 e. The number of aryl methyl sites for hydroxylation is 2. The standard InChI is InChI=1S/C17H25N5OS/c1-12-16(13(2)21-20-12)15-6-4-3-5-9-22(15)17(23)18-8-7-14-10-24-11-19-14/h10-11,15H,3-9H2,1-2H3,(H,18,23)(H,20,21)/t15-/m0/s1. The van der Waals surface area contributed by atoms with Crippen LogP contribution in [-0.4, -0.2) is 39.2 Å². The van der Waals surface area contributed by atoms with E-state index in [2.05, 4.69) is 20.5 Å². The van der Waals surface area contributed by atoms with Gasteiger partial charge in [-0.2, -0.15) is 5.10 Å².